The standard InChI is InChI=1S/C25H29N3O5S/c1-20(25(30)28(18-8-15-26)22-9-4-2-5-10-22)33-24(29)19-21-11-13-23(14-12-21)34(31,32)27-16-6-3-7-17-27/h2,4-5,9-14,20H,3,6-8,16-19H2,1H3. The molecule has 0 spiro atoms. The Morgan fingerprint density at radius 2 is 1.71 bits per heavy atom. The Kier molecular flexibility index (Phi) is 8.79. The summed E-state index contributed by atoms with van der Waals surface area (Å²) in [5, 5.41) is 8.92. The van der Waals surface area contributed by atoms with Crippen molar-refractivity contribution in [2.45, 2.75) is 50.0 Å². The fourth-order valence-electron chi connectivity index (χ4n) is 3.85. The average molecular weight is 484 g/mol. The highest BCUT2D eigenvalue weighted by atomic mass is 32.2. The van der Waals surface area contributed by atoms with E-state index in [1.807, 2.05) is 12.1 Å². The van der Waals surface area contributed by atoms with Gasteiger partial charge < -0.3 is 9.64 Å². The summed E-state index contributed by atoms with van der Waals surface area (Å²) in [4.78, 5) is 27.0. The van der Waals surface area contributed by atoms with E-state index in [0.717, 1.165) is 19.3 Å². The molecule has 0 radical (unpaired) electrons. The Balaban J connectivity index is 1.61. The number of nitriles is 1. The van der Waals surface area contributed by atoms with Crippen molar-refractivity contribution in [1.29, 1.82) is 5.26 Å². The molecule has 34 heavy (non-hydrogen) atoms. The number of benzene rings is 2. The van der Waals surface area contributed by atoms with Crippen LogP contribution < -0.4 is 4.90 Å². The quantitative estimate of drug-likeness (QED) is 0.507. The maximum Gasteiger partial charge on any atom is 0.311 e. The van der Waals surface area contributed by atoms with E-state index in [1.54, 1.807) is 36.4 Å². The van der Waals surface area contributed by atoms with E-state index in [1.165, 1.54) is 28.3 Å². The number of carbonyl (C=O) groups is 2. The molecule has 0 aliphatic carbocycles. The molecule has 1 heterocycles. The number of nitrogens with zero attached hydrogens (tertiary/aromatic N) is 3. The molecule has 8 nitrogen and oxygen atoms in total. The minimum atomic E-state index is -3.54. The van der Waals surface area contributed by atoms with Gasteiger partial charge in [0.2, 0.25) is 10.0 Å². The van der Waals surface area contributed by atoms with Gasteiger partial charge >= 0.3 is 5.97 Å². The predicted octanol–water partition coefficient (Wildman–Crippen LogP) is 3.28. The van der Waals surface area contributed by atoms with E-state index in [4.69, 9.17) is 10.00 Å². The zero-order valence-electron chi connectivity index (χ0n) is 19.2. The van der Waals surface area contributed by atoms with Crippen LogP contribution in [0.3, 0.4) is 0 Å². The van der Waals surface area contributed by atoms with Crippen molar-refractivity contribution >= 4 is 27.6 Å². The molecule has 1 saturated heterocycles. The highest BCUT2D eigenvalue weighted by Gasteiger charge is 2.27. The van der Waals surface area contributed by atoms with Crippen LogP contribution in [0.15, 0.2) is 59.5 Å². The van der Waals surface area contributed by atoms with Crippen molar-refractivity contribution in [3.05, 3.63) is 60.2 Å². The molecule has 1 atom stereocenters. The van der Waals surface area contributed by atoms with Crippen LogP contribution in [0.4, 0.5) is 5.69 Å². The number of rotatable bonds is 9. The SMILES string of the molecule is CC(OC(=O)Cc1ccc(S(=O)(=O)N2CCCCC2)cc1)C(=O)N(CCC#N)c1ccccc1. The summed E-state index contributed by atoms with van der Waals surface area (Å²) >= 11 is 0. The molecule has 1 unspecified atom stereocenters. The van der Waals surface area contributed by atoms with Crippen molar-refractivity contribution in [2.24, 2.45) is 0 Å². The molecule has 1 aliphatic rings. The smallest absolute Gasteiger partial charge is 0.311 e. The molecule has 180 valence electrons. The van der Waals surface area contributed by atoms with Crippen LogP contribution in [-0.4, -0.2) is 50.3 Å². The molecular formula is C25H29N3O5S. The van der Waals surface area contributed by atoms with E-state index in [0.29, 0.717) is 24.3 Å². The number of piperidine rings is 1. The molecule has 0 bridgehead atoms. The molecule has 0 N–H and O–H groups in total. The Bertz CT molecular complexity index is 1120. The number of hydrogen-bond acceptors (Lipinski definition) is 6. The van der Waals surface area contributed by atoms with Gasteiger partial charge in [0.05, 0.1) is 23.8 Å². The van der Waals surface area contributed by atoms with Gasteiger partial charge in [0.1, 0.15) is 0 Å². The van der Waals surface area contributed by atoms with Gasteiger partial charge in [-0.3, -0.25) is 9.59 Å². The fraction of sp³-hybridized carbons (Fsp3) is 0.400. The maximum absolute atomic E-state index is 12.9. The minimum Gasteiger partial charge on any atom is -0.452 e. The average Bonchev–Trinajstić information content (AvgIpc) is 2.85. The number of sulfonamides is 1. The zero-order chi connectivity index (χ0) is 24.6. The van der Waals surface area contributed by atoms with Gasteiger partial charge in [-0.1, -0.05) is 36.8 Å². The van der Waals surface area contributed by atoms with E-state index >= 15 is 0 Å². The summed E-state index contributed by atoms with van der Waals surface area (Å²) in [7, 11) is -3.54. The van der Waals surface area contributed by atoms with Crippen molar-refractivity contribution in [2.75, 3.05) is 24.5 Å². The predicted molar refractivity (Wildman–Crippen MR) is 127 cm³/mol. The van der Waals surface area contributed by atoms with Crippen LogP contribution >= 0.6 is 0 Å². The first kappa shape index (κ1) is 25.4. The second-order valence-corrected chi connectivity index (χ2v) is 10.1. The Morgan fingerprint density at radius 1 is 1.06 bits per heavy atom. The van der Waals surface area contributed by atoms with Gasteiger partial charge in [-0.2, -0.15) is 9.57 Å². The summed E-state index contributed by atoms with van der Waals surface area (Å²) < 4.78 is 32.4. The lowest BCUT2D eigenvalue weighted by molar-refractivity contribution is -0.153. The molecule has 0 saturated carbocycles. The highest BCUT2D eigenvalue weighted by molar-refractivity contribution is 7.89. The number of carbonyl (C=O) groups excluding carboxylic acids is 2. The number of esters is 1. The molecule has 2 aromatic rings. The highest BCUT2D eigenvalue weighted by Crippen LogP contribution is 2.21. The number of amides is 1. The fourth-order valence-corrected chi connectivity index (χ4v) is 5.36. The molecular weight excluding hydrogens is 454 g/mol. The van der Waals surface area contributed by atoms with Crippen LogP contribution in [0.5, 0.6) is 0 Å². The first-order chi connectivity index (χ1) is 16.3. The van der Waals surface area contributed by atoms with E-state index < -0.39 is 28.0 Å². The zero-order valence-corrected chi connectivity index (χ0v) is 20.0. The Labute approximate surface area is 200 Å². The molecule has 9 heteroatoms. The Hall–Kier alpha value is -3.22. The lowest BCUT2D eigenvalue weighted by Gasteiger charge is -2.26. The van der Waals surface area contributed by atoms with Gasteiger partial charge in [0.25, 0.3) is 5.91 Å². The topological polar surface area (TPSA) is 108 Å². The van der Waals surface area contributed by atoms with E-state index in [2.05, 4.69) is 0 Å². The van der Waals surface area contributed by atoms with Gasteiger partial charge in [-0.15, -0.1) is 0 Å². The second-order valence-electron chi connectivity index (χ2n) is 8.15. The summed E-state index contributed by atoms with van der Waals surface area (Å²) in [6, 6.07) is 17.1. The van der Waals surface area contributed by atoms with Gasteiger partial charge in [0, 0.05) is 25.3 Å². The van der Waals surface area contributed by atoms with Crippen LogP contribution in [0.1, 0.15) is 38.2 Å². The van der Waals surface area contributed by atoms with Crippen LogP contribution in [0.2, 0.25) is 0 Å². The molecule has 2 aromatic carbocycles. The lowest BCUT2D eigenvalue weighted by Crippen LogP contribution is -2.40. The molecule has 0 aromatic heterocycles. The van der Waals surface area contributed by atoms with E-state index in [9.17, 15) is 18.0 Å². The second kappa shape index (κ2) is 11.8. The molecule has 1 aliphatic heterocycles. The first-order valence-corrected chi connectivity index (χ1v) is 12.8. The maximum atomic E-state index is 12.9. The Morgan fingerprint density at radius 3 is 2.32 bits per heavy atom. The van der Waals surface area contributed by atoms with Crippen molar-refractivity contribution in [3.63, 3.8) is 0 Å². The van der Waals surface area contributed by atoms with Crippen molar-refractivity contribution < 1.29 is 22.7 Å². The number of hydrogen-bond donors (Lipinski definition) is 0. The lowest BCUT2D eigenvalue weighted by atomic mass is 10.1. The van der Waals surface area contributed by atoms with Gasteiger partial charge in [-0.05, 0) is 49.6 Å². The summed E-state index contributed by atoms with van der Waals surface area (Å²) in [6.07, 6.45) is 1.77. The van der Waals surface area contributed by atoms with Crippen molar-refractivity contribution in [1.82, 2.24) is 4.31 Å². The third kappa shape index (κ3) is 6.43. The number of para-hydroxylation sites is 1. The third-order valence-corrected chi connectivity index (χ3v) is 7.57. The number of ether oxygens (including phenoxy) is 1. The number of anilines is 1. The third-order valence-electron chi connectivity index (χ3n) is 5.66. The van der Waals surface area contributed by atoms with Crippen LogP contribution in [0.25, 0.3) is 0 Å². The van der Waals surface area contributed by atoms with Crippen molar-refractivity contribution in [3.8, 4) is 6.07 Å². The minimum absolute atomic E-state index is 0.0921. The molecule has 3 rings (SSSR count). The monoisotopic (exact) mass is 483 g/mol. The molecule has 1 fully saturated rings. The van der Waals surface area contributed by atoms with Crippen LogP contribution in [-0.2, 0) is 30.8 Å². The van der Waals surface area contributed by atoms with Gasteiger partial charge in [-0.25, -0.2) is 8.42 Å². The molecule has 1 amide bonds. The summed E-state index contributed by atoms with van der Waals surface area (Å²) in [6.45, 7) is 2.73. The van der Waals surface area contributed by atoms with E-state index in [-0.39, 0.29) is 24.3 Å². The summed E-state index contributed by atoms with van der Waals surface area (Å²) in [5.74, 6) is -1.02. The summed E-state index contributed by atoms with van der Waals surface area (Å²) in [5.41, 5.74) is 1.21. The normalized spacial score (nSPS) is 15.2. The van der Waals surface area contributed by atoms with Crippen LogP contribution in [0, 0.1) is 11.3 Å². The van der Waals surface area contributed by atoms with Gasteiger partial charge in [0.15, 0.2) is 6.10 Å². The largest absolute Gasteiger partial charge is 0.452 e. The first-order valence-electron chi connectivity index (χ1n) is 11.3.